The lowest BCUT2D eigenvalue weighted by Gasteiger charge is -2.28. The SMILES string of the molecule is CCOc1ccc(N2C(=O)/C(=C\c3ccc(N4CCOCC4)cc3)N=C2SCCOc2ccccc2)cc1. The van der Waals surface area contributed by atoms with Crippen molar-refractivity contribution >= 4 is 40.3 Å². The molecule has 7 nitrogen and oxygen atoms in total. The maximum atomic E-state index is 13.5. The normalized spacial score (nSPS) is 16.6. The Morgan fingerprint density at radius 3 is 2.29 bits per heavy atom. The molecule has 0 atom stereocenters. The molecule has 2 heterocycles. The zero-order valence-corrected chi connectivity index (χ0v) is 22.2. The number of para-hydroxylation sites is 1. The van der Waals surface area contributed by atoms with Gasteiger partial charge in [0, 0.05) is 24.5 Å². The van der Waals surface area contributed by atoms with E-state index in [9.17, 15) is 4.79 Å². The molecule has 0 saturated carbocycles. The van der Waals surface area contributed by atoms with Crippen LogP contribution in [-0.2, 0) is 9.53 Å². The summed E-state index contributed by atoms with van der Waals surface area (Å²) < 4.78 is 16.9. The number of amidine groups is 1. The van der Waals surface area contributed by atoms with E-state index in [1.165, 1.54) is 11.8 Å². The summed E-state index contributed by atoms with van der Waals surface area (Å²) in [5.41, 5.74) is 3.24. The first-order chi connectivity index (χ1) is 18.7. The summed E-state index contributed by atoms with van der Waals surface area (Å²) in [7, 11) is 0. The molecule has 2 aliphatic heterocycles. The van der Waals surface area contributed by atoms with Crippen molar-refractivity contribution in [1.82, 2.24) is 0 Å². The molecule has 0 spiro atoms. The molecule has 1 saturated heterocycles. The van der Waals surface area contributed by atoms with Crippen LogP contribution in [0.3, 0.4) is 0 Å². The zero-order chi connectivity index (χ0) is 26.2. The number of ether oxygens (including phenoxy) is 3. The van der Waals surface area contributed by atoms with Gasteiger partial charge in [-0.1, -0.05) is 42.1 Å². The second-order valence-corrected chi connectivity index (χ2v) is 9.75. The van der Waals surface area contributed by atoms with Crippen LogP contribution in [0.2, 0.25) is 0 Å². The topological polar surface area (TPSA) is 63.6 Å². The average Bonchev–Trinajstić information content (AvgIpc) is 3.27. The van der Waals surface area contributed by atoms with Gasteiger partial charge in [0.25, 0.3) is 5.91 Å². The highest BCUT2D eigenvalue weighted by atomic mass is 32.2. The van der Waals surface area contributed by atoms with Gasteiger partial charge < -0.3 is 19.1 Å². The predicted octanol–water partition coefficient (Wildman–Crippen LogP) is 5.48. The molecular weight excluding hydrogens is 498 g/mol. The monoisotopic (exact) mass is 529 g/mol. The van der Waals surface area contributed by atoms with Crippen LogP contribution in [0, 0.1) is 0 Å². The Labute approximate surface area is 227 Å². The maximum absolute atomic E-state index is 13.5. The quantitative estimate of drug-likeness (QED) is 0.270. The number of carbonyl (C=O) groups is 1. The summed E-state index contributed by atoms with van der Waals surface area (Å²) in [6.45, 7) is 6.29. The Bertz CT molecular complexity index is 1270. The highest BCUT2D eigenvalue weighted by molar-refractivity contribution is 8.14. The molecule has 0 aromatic heterocycles. The summed E-state index contributed by atoms with van der Waals surface area (Å²) in [5, 5.41) is 0.631. The number of anilines is 2. The lowest BCUT2D eigenvalue weighted by Crippen LogP contribution is -2.36. The Balaban J connectivity index is 1.33. The Morgan fingerprint density at radius 2 is 1.58 bits per heavy atom. The van der Waals surface area contributed by atoms with Gasteiger partial charge in [-0.2, -0.15) is 0 Å². The summed E-state index contributed by atoms with van der Waals surface area (Å²) in [4.78, 5) is 22.3. The molecule has 8 heteroatoms. The molecule has 1 fully saturated rings. The number of morpholine rings is 1. The molecule has 1 amide bonds. The van der Waals surface area contributed by atoms with E-state index >= 15 is 0 Å². The fourth-order valence-electron chi connectivity index (χ4n) is 4.25. The van der Waals surface area contributed by atoms with Gasteiger partial charge in [-0.25, -0.2) is 4.99 Å². The minimum Gasteiger partial charge on any atom is -0.494 e. The molecule has 5 rings (SSSR count). The average molecular weight is 530 g/mol. The zero-order valence-electron chi connectivity index (χ0n) is 21.4. The van der Waals surface area contributed by atoms with Gasteiger partial charge in [-0.05, 0) is 67.1 Å². The van der Waals surface area contributed by atoms with Gasteiger partial charge in [0.2, 0.25) is 0 Å². The van der Waals surface area contributed by atoms with E-state index in [0.29, 0.717) is 29.8 Å². The third-order valence-electron chi connectivity index (χ3n) is 6.13. The van der Waals surface area contributed by atoms with E-state index in [-0.39, 0.29) is 5.91 Å². The molecule has 0 unspecified atom stereocenters. The standard InChI is InChI=1S/C30H31N3O4S/c1-2-36-27-14-12-25(13-15-27)33-29(34)28(31-30(33)38-21-20-37-26-6-4-3-5-7-26)22-23-8-10-24(11-9-23)32-16-18-35-19-17-32/h3-15,22H,2,16-21H2,1H3/b28-22+. The van der Waals surface area contributed by atoms with Gasteiger partial charge in [-0.15, -0.1) is 0 Å². The second kappa shape index (κ2) is 12.7. The number of hydrogen-bond donors (Lipinski definition) is 0. The summed E-state index contributed by atoms with van der Waals surface area (Å²) in [6.07, 6.45) is 1.85. The number of rotatable bonds is 9. The Kier molecular flexibility index (Phi) is 8.63. The third-order valence-corrected chi connectivity index (χ3v) is 7.04. The highest BCUT2D eigenvalue weighted by Crippen LogP contribution is 2.31. The first-order valence-corrected chi connectivity index (χ1v) is 13.8. The van der Waals surface area contributed by atoms with E-state index in [1.54, 1.807) is 4.90 Å². The van der Waals surface area contributed by atoms with Crippen LogP contribution in [0.15, 0.2) is 89.6 Å². The Morgan fingerprint density at radius 1 is 0.895 bits per heavy atom. The van der Waals surface area contributed by atoms with E-state index in [1.807, 2.05) is 79.7 Å². The molecule has 2 aliphatic rings. The van der Waals surface area contributed by atoms with Crippen LogP contribution in [-0.4, -0.2) is 56.3 Å². The molecule has 0 N–H and O–H groups in total. The lowest BCUT2D eigenvalue weighted by molar-refractivity contribution is -0.113. The summed E-state index contributed by atoms with van der Waals surface area (Å²) in [5.74, 6) is 2.08. The predicted molar refractivity (Wildman–Crippen MR) is 154 cm³/mol. The molecule has 196 valence electrons. The highest BCUT2D eigenvalue weighted by Gasteiger charge is 2.32. The number of amides is 1. The summed E-state index contributed by atoms with van der Waals surface area (Å²) >= 11 is 1.50. The van der Waals surface area contributed by atoms with Crippen LogP contribution < -0.4 is 19.3 Å². The number of hydrogen-bond acceptors (Lipinski definition) is 7. The van der Waals surface area contributed by atoms with Crippen molar-refractivity contribution < 1.29 is 19.0 Å². The van der Waals surface area contributed by atoms with Crippen molar-refractivity contribution in [3.8, 4) is 11.5 Å². The van der Waals surface area contributed by atoms with Gasteiger partial charge >= 0.3 is 0 Å². The van der Waals surface area contributed by atoms with Crippen LogP contribution in [0.25, 0.3) is 6.08 Å². The van der Waals surface area contributed by atoms with Crippen molar-refractivity contribution in [1.29, 1.82) is 0 Å². The minimum atomic E-state index is -0.155. The third kappa shape index (κ3) is 6.38. The number of nitrogens with zero attached hydrogens (tertiary/aromatic N) is 3. The van der Waals surface area contributed by atoms with Crippen molar-refractivity contribution in [3.63, 3.8) is 0 Å². The van der Waals surface area contributed by atoms with Crippen molar-refractivity contribution in [3.05, 3.63) is 90.1 Å². The van der Waals surface area contributed by atoms with Gasteiger partial charge in [0.15, 0.2) is 5.17 Å². The molecule has 3 aromatic carbocycles. The van der Waals surface area contributed by atoms with Gasteiger partial charge in [-0.3, -0.25) is 9.69 Å². The second-order valence-electron chi connectivity index (χ2n) is 8.69. The van der Waals surface area contributed by atoms with Gasteiger partial charge in [0.05, 0.1) is 32.1 Å². The molecule has 3 aromatic rings. The Hall–Kier alpha value is -3.75. The summed E-state index contributed by atoms with van der Waals surface area (Å²) in [6, 6.07) is 25.5. The van der Waals surface area contributed by atoms with Crippen LogP contribution in [0.4, 0.5) is 11.4 Å². The number of aliphatic imine (C=N–C) groups is 1. The van der Waals surface area contributed by atoms with Crippen LogP contribution >= 0.6 is 11.8 Å². The van der Waals surface area contributed by atoms with Crippen LogP contribution in [0.1, 0.15) is 12.5 Å². The molecule has 0 aliphatic carbocycles. The van der Waals surface area contributed by atoms with E-state index in [4.69, 9.17) is 19.2 Å². The number of carbonyl (C=O) groups excluding carboxylic acids is 1. The van der Waals surface area contributed by atoms with Crippen LogP contribution in [0.5, 0.6) is 11.5 Å². The molecule has 38 heavy (non-hydrogen) atoms. The van der Waals surface area contributed by atoms with Crippen molar-refractivity contribution in [2.75, 3.05) is 55.1 Å². The maximum Gasteiger partial charge on any atom is 0.283 e. The smallest absolute Gasteiger partial charge is 0.283 e. The van der Waals surface area contributed by atoms with Crippen molar-refractivity contribution in [2.24, 2.45) is 4.99 Å². The van der Waals surface area contributed by atoms with Crippen molar-refractivity contribution in [2.45, 2.75) is 6.92 Å². The molecular formula is C30H31N3O4S. The first kappa shape index (κ1) is 25.9. The lowest BCUT2D eigenvalue weighted by atomic mass is 10.1. The largest absolute Gasteiger partial charge is 0.494 e. The van der Waals surface area contributed by atoms with E-state index < -0.39 is 0 Å². The number of benzene rings is 3. The fraction of sp³-hybridized carbons (Fsp3) is 0.267. The fourth-order valence-corrected chi connectivity index (χ4v) is 5.08. The first-order valence-electron chi connectivity index (χ1n) is 12.8. The molecule has 0 radical (unpaired) electrons. The minimum absolute atomic E-state index is 0.155. The molecule has 0 bridgehead atoms. The van der Waals surface area contributed by atoms with E-state index in [2.05, 4.69) is 17.0 Å². The van der Waals surface area contributed by atoms with E-state index in [0.717, 1.165) is 54.7 Å². The number of thioether (sulfide) groups is 1. The van der Waals surface area contributed by atoms with Gasteiger partial charge in [0.1, 0.15) is 17.2 Å².